The number of ether oxygens (including phenoxy) is 2. The van der Waals surface area contributed by atoms with E-state index in [1.807, 2.05) is 43.3 Å². The number of rotatable bonds is 8. The SMILES string of the molecule is CCC(C)N(CC(=O)O)C(=O)C1(NC(=O)OCC2c3ccccc3-c3ccccc32)CCOCC1. The Morgan fingerprint density at radius 1 is 1.09 bits per heavy atom. The van der Waals surface area contributed by atoms with Crippen molar-refractivity contribution in [3.63, 3.8) is 0 Å². The maximum absolute atomic E-state index is 13.6. The van der Waals surface area contributed by atoms with Crippen LogP contribution in [0.4, 0.5) is 4.79 Å². The minimum Gasteiger partial charge on any atom is -0.480 e. The molecular weight excluding hydrogens is 448 g/mol. The zero-order chi connectivity index (χ0) is 25.0. The first-order valence-electron chi connectivity index (χ1n) is 12.1. The zero-order valence-corrected chi connectivity index (χ0v) is 20.2. The number of nitrogens with zero attached hydrogens (tertiary/aromatic N) is 1. The predicted molar refractivity (Wildman–Crippen MR) is 130 cm³/mol. The number of carbonyl (C=O) groups excluding carboxylic acids is 2. The molecule has 2 amide bonds. The van der Waals surface area contributed by atoms with Gasteiger partial charge in [0.25, 0.3) is 0 Å². The maximum atomic E-state index is 13.6. The molecule has 8 heteroatoms. The van der Waals surface area contributed by atoms with Gasteiger partial charge in [-0.25, -0.2) is 4.79 Å². The van der Waals surface area contributed by atoms with Crippen molar-refractivity contribution in [3.8, 4) is 11.1 Å². The highest BCUT2D eigenvalue weighted by Crippen LogP contribution is 2.44. The van der Waals surface area contributed by atoms with Crippen molar-refractivity contribution in [1.29, 1.82) is 0 Å². The molecule has 8 nitrogen and oxygen atoms in total. The highest BCUT2D eigenvalue weighted by molar-refractivity contribution is 5.92. The summed E-state index contributed by atoms with van der Waals surface area (Å²) in [4.78, 5) is 39.4. The molecule has 1 unspecified atom stereocenters. The van der Waals surface area contributed by atoms with Crippen LogP contribution in [0.1, 0.15) is 50.2 Å². The molecule has 35 heavy (non-hydrogen) atoms. The number of hydrogen-bond acceptors (Lipinski definition) is 5. The molecule has 2 aromatic carbocycles. The lowest BCUT2D eigenvalue weighted by Crippen LogP contribution is -2.63. The van der Waals surface area contributed by atoms with Gasteiger partial charge in [-0.3, -0.25) is 9.59 Å². The van der Waals surface area contributed by atoms with Crippen LogP contribution in [0.3, 0.4) is 0 Å². The van der Waals surface area contributed by atoms with Gasteiger partial charge in [0, 0.05) is 38.0 Å². The maximum Gasteiger partial charge on any atom is 0.408 e. The summed E-state index contributed by atoms with van der Waals surface area (Å²) < 4.78 is 11.1. The highest BCUT2D eigenvalue weighted by atomic mass is 16.5. The van der Waals surface area contributed by atoms with Crippen LogP contribution in [0.25, 0.3) is 11.1 Å². The van der Waals surface area contributed by atoms with Crippen molar-refractivity contribution >= 4 is 18.0 Å². The molecule has 1 fully saturated rings. The monoisotopic (exact) mass is 480 g/mol. The summed E-state index contributed by atoms with van der Waals surface area (Å²) in [6, 6.07) is 15.9. The normalized spacial score (nSPS) is 17.1. The van der Waals surface area contributed by atoms with Gasteiger partial charge in [-0.15, -0.1) is 0 Å². The third-order valence-corrected chi connectivity index (χ3v) is 7.13. The van der Waals surface area contributed by atoms with E-state index in [-0.39, 0.29) is 44.6 Å². The van der Waals surface area contributed by atoms with Crippen LogP contribution in [0.5, 0.6) is 0 Å². The fourth-order valence-electron chi connectivity index (χ4n) is 5.01. The quantitative estimate of drug-likeness (QED) is 0.596. The molecule has 1 aliphatic heterocycles. The Labute approximate surface area is 205 Å². The summed E-state index contributed by atoms with van der Waals surface area (Å²) in [6.45, 7) is 3.98. The van der Waals surface area contributed by atoms with Gasteiger partial charge in [0.2, 0.25) is 5.91 Å². The van der Waals surface area contributed by atoms with Crippen molar-refractivity contribution in [2.24, 2.45) is 0 Å². The lowest BCUT2D eigenvalue weighted by Gasteiger charge is -2.41. The number of benzene rings is 2. The Morgan fingerprint density at radius 2 is 1.66 bits per heavy atom. The smallest absolute Gasteiger partial charge is 0.408 e. The van der Waals surface area contributed by atoms with E-state index in [2.05, 4.69) is 17.4 Å². The van der Waals surface area contributed by atoms with Crippen molar-refractivity contribution in [3.05, 3.63) is 59.7 Å². The van der Waals surface area contributed by atoms with E-state index in [9.17, 15) is 19.5 Å². The highest BCUT2D eigenvalue weighted by Gasteiger charge is 2.46. The standard InChI is InChI=1S/C27H32N2O6/c1-3-18(2)29(16-24(30)31)25(32)27(12-14-34-15-13-27)28-26(33)35-17-23-21-10-6-4-8-19(21)20-9-5-7-11-22(20)23/h4-11,18,23H,3,12-17H2,1-2H3,(H,28,33)(H,30,31). The van der Waals surface area contributed by atoms with E-state index >= 15 is 0 Å². The molecule has 2 aliphatic rings. The number of hydrogen-bond donors (Lipinski definition) is 2. The number of aliphatic carboxylic acids is 1. The summed E-state index contributed by atoms with van der Waals surface area (Å²) in [5, 5.41) is 12.2. The van der Waals surface area contributed by atoms with Crippen LogP contribution < -0.4 is 5.32 Å². The van der Waals surface area contributed by atoms with Crippen LogP contribution in [0, 0.1) is 0 Å². The van der Waals surface area contributed by atoms with Gasteiger partial charge in [0.05, 0.1) is 0 Å². The molecule has 2 aromatic rings. The van der Waals surface area contributed by atoms with Gasteiger partial charge < -0.3 is 24.8 Å². The molecule has 186 valence electrons. The topological polar surface area (TPSA) is 105 Å². The van der Waals surface area contributed by atoms with E-state index in [1.165, 1.54) is 4.90 Å². The molecule has 0 aromatic heterocycles. The van der Waals surface area contributed by atoms with E-state index in [1.54, 1.807) is 6.92 Å². The fraction of sp³-hybridized carbons (Fsp3) is 0.444. The van der Waals surface area contributed by atoms with Gasteiger partial charge >= 0.3 is 12.1 Å². The van der Waals surface area contributed by atoms with Crippen LogP contribution in [0.2, 0.25) is 0 Å². The molecule has 1 aliphatic carbocycles. The molecule has 0 spiro atoms. The first-order valence-corrected chi connectivity index (χ1v) is 12.1. The number of nitrogens with one attached hydrogen (secondary N) is 1. The molecule has 2 N–H and O–H groups in total. The molecule has 0 radical (unpaired) electrons. The average molecular weight is 481 g/mol. The van der Waals surface area contributed by atoms with Gasteiger partial charge in [-0.2, -0.15) is 0 Å². The third kappa shape index (κ3) is 5.03. The third-order valence-electron chi connectivity index (χ3n) is 7.13. The van der Waals surface area contributed by atoms with Crippen molar-refractivity contribution in [1.82, 2.24) is 10.2 Å². The van der Waals surface area contributed by atoms with Crippen LogP contribution in [-0.4, -0.2) is 65.9 Å². The van der Waals surface area contributed by atoms with E-state index < -0.39 is 30.1 Å². The lowest BCUT2D eigenvalue weighted by molar-refractivity contribution is -0.152. The molecule has 1 heterocycles. The lowest BCUT2D eigenvalue weighted by atomic mass is 9.87. The number of carboxylic acids is 1. The minimum atomic E-state index is -1.26. The second-order valence-corrected chi connectivity index (χ2v) is 9.23. The van der Waals surface area contributed by atoms with Crippen molar-refractivity contribution < 1.29 is 29.0 Å². The Bertz CT molecular complexity index is 1050. The van der Waals surface area contributed by atoms with E-state index in [4.69, 9.17) is 9.47 Å². The van der Waals surface area contributed by atoms with Crippen molar-refractivity contribution in [2.45, 2.75) is 50.6 Å². The number of alkyl carbamates (subject to hydrolysis) is 1. The predicted octanol–water partition coefficient (Wildman–Crippen LogP) is 3.79. The van der Waals surface area contributed by atoms with E-state index in [0.717, 1.165) is 22.3 Å². The average Bonchev–Trinajstić information content (AvgIpc) is 3.19. The zero-order valence-electron chi connectivity index (χ0n) is 20.2. The van der Waals surface area contributed by atoms with Gasteiger partial charge in [-0.1, -0.05) is 55.5 Å². The Balaban J connectivity index is 1.51. The number of carbonyl (C=O) groups is 3. The first-order chi connectivity index (χ1) is 16.9. The van der Waals surface area contributed by atoms with Crippen LogP contribution >= 0.6 is 0 Å². The molecule has 0 bridgehead atoms. The second kappa shape index (κ2) is 10.5. The second-order valence-electron chi connectivity index (χ2n) is 9.23. The Morgan fingerprint density at radius 3 is 2.20 bits per heavy atom. The van der Waals surface area contributed by atoms with Crippen molar-refractivity contribution in [2.75, 3.05) is 26.4 Å². The summed E-state index contributed by atoms with van der Waals surface area (Å²) in [5.74, 6) is -1.61. The van der Waals surface area contributed by atoms with Gasteiger partial charge in [0.15, 0.2) is 0 Å². The Hall–Kier alpha value is -3.39. The number of carboxylic acid groups (broad SMARTS) is 1. The molecule has 1 saturated heterocycles. The molecule has 4 rings (SSSR count). The first kappa shape index (κ1) is 24.7. The van der Waals surface area contributed by atoms with Gasteiger partial charge in [0.1, 0.15) is 18.7 Å². The summed E-state index contributed by atoms with van der Waals surface area (Å²) in [7, 11) is 0. The summed E-state index contributed by atoms with van der Waals surface area (Å²) in [5.41, 5.74) is 3.20. The summed E-state index contributed by atoms with van der Waals surface area (Å²) in [6.07, 6.45) is 0.406. The molecule has 0 saturated carbocycles. The number of amides is 2. The van der Waals surface area contributed by atoms with E-state index in [0.29, 0.717) is 6.42 Å². The van der Waals surface area contributed by atoms with Gasteiger partial charge in [-0.05, 0) is 35.6 Å². The minimum absolute atomic E-state index is 0.0990. The fourth-order valence-corrected chi connectivity index (χ4v) is 5.01. The van der Waals surface area contributed by atoms with Crippen LogP contribution in [-0.2, 0) is 19.1 Å². The molecule has 1 atom stereocenters. The number of fused-ring (bicyclic) bond motifs is 3. The summed E-state index contributed by atoms with van der Waals surface area (Å²) >= 11 is 0. The van der Waals surface area contributed by atoms with Crippen LogP contribution in [0.15, 0.2) is 48.5 Å². The largest absolute Gasteiger partial charge is 0.480 e. The molecular formula is C27H32N2O6. The Kier molecular flexibility index (Phi) is 7.40.